The van der Waals surface area contributed by atoms with E-state index in [1.807, 2.05) is 0 Å². The Kier molecular flexibility index (Phi) is 5.71. The number of primary amides is 1. The largest absolute Gasteiger partial charge is 0.370 e. The smallest absolute Gasteiger partial charge is 0.253 e. The first-order chi connectivity index (χ1) is 12.9. The predicted octanol–water partition coefficient (Wildman–Crippen LogP) is 0.466. The summed E-state index contributed by atoms with van der Waals surface area (Å²) in [5, 5.41) is 2.54. The fourth-order valence-electron chi connectivity index (χ4n) is 3.31. The van der Waals surface area contributed by atoms with Gasteiger partial charge in [0.1, 0.15) is 12.4 Å². The van der Waals surface area contributed by atoms with Gasteiger partial charge in [0.2, 0.25) is 5.91 Å². The molecule has 0 bridgehead atoms. The zero-order valence-electron chi connectivity index (χ0n) is 15.1. The maximum atomic E-state index is 14.5. The molecule has 0 radical (unpaired) electrons. The molecule has 8 nitrogen and oxygen atoms in total. The van der Waals surface area contributed by atoms with Crippen LogP contribution in [0.1, 0.15) is 19.3 Å². The van der Waals surface area contributed by atoms with E-state index in [4.69, 9.17) is 10.5 Å². The van der Waals surface area contributed by atoms with Crippen LogP contribution in [0.15, 0.2) is 18.2 Å². The minimum absolute atomic E-state index is 0.0915. The number of carbonyl (C=O) groups is 3. The summed E-state index contributed by atoms with van der Waals surface area (Å²) >= 11 is 0. The number of nitrogens with one attached hydrogen (secondary N) is 1. The summed E-state index contributed by atoms with van der Waals surface area (Å²) in [7, 11) is 1.69. The highest BCUT2D eigenvalue weighted by atomic mass is 19.1. The van der Waals surface area contributed by atoms with E-state index in [-0.39, 0.29) is 36.5 Å². The van der Waals surface area contributed by atoms with Crippen molar-refractivity contribution in [3.8, 4) is 0 Å². The average Bonchev–Trinajstić information content (AvgIpc) is 2.54. The number of anilines is 2. The number of amides is 3. The van der Waals surface area contributed by atoms with Crippen molar-refractivity contribution in [2.24, 2.45) is 5.73 Å². The Morgan fingerprint density at radius 1 is 1.41 bits per heavy atom. The fraction of sp³-hybridized carbons (Fsp3) is 0.500. The van der Waals surface area contributed by atoms with Crippen molar-refractivity contribution in [3.05, 3.63) is 24.0 Å². The van der Waals surface area contributed by atoms with Crippen molar-refractivity contribution >= 4 is 29.1 Å². The number of rotatable bonds is 6. The van der Waals surface area contributed by atoms with Gasteiger partial charge in [0.05, 0.1) is 12.3 Å². The lowest BCUT2D eigenvalue weighted by molar-refractivity contribution is -0.133. The van der Waals surface area contributed by atoms with Gasteiger partial charge in [0.25, 0.3) is 11.8 Å². The summed E-state index contributed by atoms with van der Waals surface area (Å²) in [6.45, 7) is 0.501. The number of nitrogens with zero attached hydrogens (tertiary/aromatic N) is 2. The Morgan fingerprint density at radius 3 is 2.70 bits per heavy atom. The minimum atomic E-state index is -1.13. The Hall–Kier alpha value is -2.52. The monoisotopic (exact) mass is 378 g/mol. The molecule has 1 atom stereocenters. The highest BCUT2D eigenvalue weighted by Gasteiger charge is 2.35. The van der Waals surface area contributed by atoms with E-state index in [1.165, 1.54) is 17.0 Å². The van der Waals surface area contributed by atoms with Crippen LogP contribution in [0.3, 0.4) is 0 Å². The first-order valence-electron chi connectivity index (χ1n) is 8.88. The van der Waals surface area contributed by atoms with E-state index < -0.39 is 23.7 Å². The molecule has 0 unspecified atom stereocenters. The molecule has 1 aromatic rings. The molecule has 1 saturated carbocycles. The summed E-state index contributed by atoms with van der Waals surface area (Å²) in [5.41, 5.74) is 5.72. The van der Waals surface area contributed by atoms with Crippen molar-refractivity contribution in [1.29, 1.82) is 0 Å². The third-order valence-electron chi connectivity index (χ3n) is 5.07. The molecule has 1 saturated heterocycles. The van der Waals surface area contributed by atoms with Gasteiger partial charge in [-0.1, -0.05) is 6.42 Å². The highest BCUT2D eigenvalue weighted by Crippen LogP contribution is 2.27. The minimum Gasteiger partial charge on any atom is -0.370 e. The molecule has 3 N–H and O–H groups in total. The number of halogens is 1. The van der Waals surface area contributed by atoms with Gasteiger partial charge in [-0.25, -0.2) is 4.39 Å². The molecule has 1 heterocycles. The molecule has 1 aliphatic carbocycles. The number of nitrogens with two attached hydrogens (primary N) is 1. The van der Waals surface area contributed by atoms with Crippen molar-refractivity contribution in [2.45, 2.75) is 31.3 Å². The molecule has 2 aliphatic rings. The van der Waals surface area contributed by atoms with Crippen LogP contribution in [0.2, 0.25) is 0 Å². The third-order valence-corrected chi connectivity index (χ3v) is 5.07. The van der Waals surface area contributed by atoms with Crippen molar-refractivity contribution < 1.29 is 23.5 Å². The second kappa shape index (κ2) is 8.01. The molecule has 0 aromatic heterocycles. The van der Waals surface area contributed by atoms with Gasteiger partial charge in [0.15, 0.2) is 6.04 Å². The Bertz CT molecular complexity index is 753. The van der Waals surface area contributed by atoms with Crippen LogP contribution in [0, 0.1) is 5.82 Å². The highest BCUT2D eigenvalue weighted by molar-refractivity contribution is 6.09. The SMILES string of the molecule is CN(C1CCC1)[C@H](C(N)=O)C(=O)Nc1ccc(N2CCOCC2=O)c(F)c1. The van der Waals surface area contributed by atoms with E-state index in [2.05, 4.69) is 5.32 Å². The van der Waals surface area contributed by atoms with Gasteiger partial charge in [-0.2, -0.15) is 0 Å². The van der Waals surface area contributed by atoms with Gasteiger partial charge in [-0.05, 0) is 38.1 Å². The number of likely N-dealkylation sites (N-methyl/N-ethyl adjacent to an activating group) is 1. The van der Waals surface area contributed by atoms with Crippen LogP contribution < -0.4 is 16.0 Å². The topological polar surface area (TPSA) is 105 Å². The van der Waals surface area contributed by atoms with Crippen LogP contribution in [0.5, 0.6) is 0 Å². The van der Waals surface area contributed by atoms with Crippen LogP contribution in [-0.4, -0.2) is 61.5 Å². The lowest BCUT2D eigenvalue weighted by atomic mass is 9.90. The van der Waals surface area contributed by atoms with E-state index >= 15 is 0 Å². The Labute approximate surface area is 156 Å². The number of hydrogen-bond acceptors (Lipinski definition) is 5. The number of benzene rings is 1. The van der Waals surface area contributed by atoms with E-state index in [9.17, 15) is 18.8 Å². The molecule has 1 aliphatic heterocycles. The zero-order valence-corrected chi connectivity index (χ0v) is 15.1. The molecule has 0 spiro atoms. The fourth-order valence-corrected chi connectivity index (χ4v) is 3.31. The standard InChI is InChI=1S/C18H23FN4O4/c1-22(12-3-2-4-12)16(17(20)25)18(26)21-11-5-6-14(13(19)9-11)23-7-8-27-10-15(23)24/h5-6,9,12,16H,2-4,7-8,10H2,1H3,(H2,20,25)(H,21,26)/t16-/m1/s1. The summed E-state index contributed by atoms with van der Waals surface area (Å²) in [6.07, 6.45) is 2.87. The average molecular weight is 378 g/mol. The number of carbonyl (C=O) groups excluding carboxylic acids is 3. The van der Waals surface area contributed by atoms with E-state index in [1.54, 1.807) is 11.9 Å². The predicted molar refractivity (Wildman–Crippen MR) is 96.6 cm³/mol. The van der Waals surface area contributed by atoms with Crippen LogP contribution in [-0.2, 0) is 19.1 Å². The molecule has 1 aromatic carbocycles. The summed E-state index contributed by atoms with van der Waals surface area (Å²) in [6, 6.07) is 3.04. The summed E-state index contributed by atoms with van der Waals surface area (Å²) in [5.74, 6) is -2.33. The van der Waals surface area contributed by atoms with E-state index in [0.29, 0.717) is 6.61 Å². The van der Waals surface area contributed by atoms with E-state index in [0.717, 1.165) is 25.3 Å². The second-order valence-electron chi connectivity index (χ2n) is 6.81. The first kappa shape index (κ1) is 19.2. The third kappa shape index (κ3) is 4.09. The summed E-state index contributed by atoms with van der Waals surface area (Å²) in [4.78, 5) is 39.1. The number of ether oxygens (including phenoxy) is 1. The maximum Gasteiger partial charge on any atom is 0.253 e. The lowest BCUT2D eigenvalue weighted by Crippen LogP contribution is -2.55. The maximum absolute atomic E-state index is 14.5. The molecular formula is C18H23FN4O4. The van der Waals surface area contributed by atoms with Gasteiger partial charge in [-0.3, -0.25) is 19.3 Å². The second-order valence-corrected chi connectivity index (χ2v) is 6.81. The Morgan fingerprint density at radius 2 is 2.15 bits per heavy atom. The normalized spacial score (nSPS) is 18.9. The zero-order chi connectivity index (χ0) is 19.6. The van der Waals surface area contributed by atoms with Crippen LogP contribution in [0.25, 0.3) is 0 Å². The van der Waals surface area contributed by atoms with Gasteiger partial charge in [-0.15, -0.1) is 0 Å². The van der Waals surface area contributed by atoms with Gasteiger partial charge < -0.3 is 20.7 Å². The Balaban J connectivity index is 1.72. The van der Waals surface area contributed by atoms with Gasteiger partial charge >= 0.3 is 0 Å². The molecule has 3 rings (SSSR count). The molecule has 2 fully saturated rings. The first-order valence-corrected chi connectivity index (χ1v) is 8.88. The van der Waals surface area contributed by atoms with Gasteiger partial charge in [0, 0.05) is 18.3 Å². The number of hydrogen-bond donors (Lipinski definition) is 2. The van der Waals surface area contributed by atoms with Crippen LogP contribution >= 0.6 is 0 Å². The molecular weight excluding hydrogens is 355 g/mol. The summed E-state index contributed by atoms with van der Waals surface area (Å²) < 4.78 is 19.5. The van der Waals surface area contributed by atoms with Crippen molar-refractivity contribution in [2.75, 3.05) is 37.0 Å². The van der Waals surface area contributed by atoms with Crippen molar-refractivity contribution in [3.63, 3.8) is 0 Å². The molecule has 146 valence electrons. The van der Waals surface area contributed by atoms with Crippen LogP contribution in [0.4, 0.5) is 15.8 Å². The molecule has 27 heavy (non-hydrogen) atoms. The lowest BCUT2D eigenvalue weighted by Gasteiger charge is -2.37. The molecule has 9 heteroatoms. The quantitative estimate of drug-likeness (QED) is 0.700. The van der Waals surface area contributed by atoms with Crippen molar-refractivity contribution in [1.82, 2.24) is 4.90 Å². The molecule has 3 amide bonds. The number of morpholine rings is 1.